The fourth-order valence-electron chi connectivity index (χ4n) is 2.96. The van der Waals surface area contributed by atoms with Gasteiger partial charge in [0.25, 0.3) is 0 Å². The highest BCUT2D eigenvalue weighted by atomic mass is 16.1. The third-order valence-electron chi connectivity index (χ3n) is 3.78. The van der Waals surface area contributed by atoms with Crippen molar-refractivity contribution in [1.82, 2.24) is 0 Å². The maximum absolute atomic E-state index is 11.2. The van der Waals surface area contributed by atoms with Crippen LogP contribution in [0.15, 0.2) is 0 Å². The molecule has 0 saturated heterocycles. The molecule has 0 fully saturated rings. The Morgan fingerprint density at radius 3 is 2.27 bits per heavy atom. The second kappa shape index (κ2) is 3.80. The number of rotatable bonds is 2. The summed E-state index contributed by atoms with van der Waals surface area (Å²) in [5.41, 5.74) is 7.80. The Balaban J connectivity index is 2.77. The zero-order valence-electron chi connectivity index (χ0n) is 9.81. The van der Waals surface area contributed by atoms with Crippen LogP contribution in [0.1, 0.15) is 51.5 Å². The highest BCUT2D eigenvalue weighted by molar-refractivity contribution is 5.82. The number of fused-ring (bicyclic) bond motifs is 1. The van der Waals surface area contributed by atoms with Crippen LogP contribution in [-0.2, 0) is 19.3 Å². The van der Waals surface area contributed by atoms with E-state index in [4.69, 9.17) is 0 Å². The molecule has 0 aliphatic heterocycles. The molecule has 1 aliphatic rings. The summed E-state index contributed by atoms with van der Waals surface area (Å²) in [4.78, 5) is 11.2. The molecule has 1 aromatic carbocycles. The summed E-state index contributed by atoms with van der Waals surface area (Å²) in [7, 11) is 0. The van der Waals surface area contributed by atoms with Crippen molar-refractivity contribution in [3.05, 3.63) is 33.4 Å². The van der Waals surface area contributed by atoms with E-state index in [0.29, 0.717) is 0 Å². The lowest BCUT2D eigenvalue weighted by molar-refractivity contribution is 0.112. The molecule has 0 aromatic heterocycles. The summed E-state index contributed by atoms with van der Waals surface area (Å²) >= 11 is 0. The summed E-state index contributed by atoms with van der Waals surface area (Å²) in [5.74, 6) is 0. The topological polar surface area (TPSA) is 17.1 Å². The van der Waals surface area contributed by atoms with Gasteiger partial charge in [0.1, 0.15) is 0 Å². The molecule has 80 valence electrons. The van der Waals surface area contributed by atoms with E-state index in [2.05, 4.69) is 20.8 Å². The number of carbonyl (C=O) groups excluding carboxylic acids is 1. The summed E-state index contributed by atoms with van der Waals surface area (Å²) in [5, 5.41) is 0. The molecule has 2 rings (SSSR count). The molecule has 1 heteroatoms. The van der Waals surface area contributed by atoms with Crippen LogP contribution in [0.25, 0.3) is 0 Å². The van der Waals surface area contributed by atoms with Crippen molar-refractivity contribution in [3.63, 3.8) is 0 Å². The predicted octanol–water partition coefficient (Wildman–Crippen LogP) is 3.17. The van der Waals surface area contributed by atoms with Crippen LogP contribution < -0.4 is 0 Å². The highest BCUT2D eigenvalue weighted by Crippen LogP contribution is 2.33. The van der Waals surface area contributed by atoms with E-state index in [0.717, 1.165) is 24.7 Å². The van der Waals surface area contributed by atoms with E-state index < -0.39 is 0 Å². The van der Waals surface area contributed by atoms with Crippen molar-refractivity contribution < 1.29 is 4.79 Å². The first kappa shape index (κ1) is 10.4. The van der Waals surface area contributed by atoms with Crippen molar-refractivity contribution in [1.29, 1.82) is 0 Å². The lowest BCUT2D eigenvalue weighted by Gasteiger charge is -2.16. The first-order valence-corrected chi connectivity index (χ1v) is 5.79. The number of hydrogen-bond acceptors (Lipinski definition) is 1. The van der Waals surface area contributed by atoms with Crippen molar-refractivity contribution in [3.8, 4) is 0 Å². The Kier molecular flexibility index (Phi) is 2.64. The monoisotopic (exact) mass is 202 g/mol. The average molecular weight is 202 g/mol. The minimum atomic E-state index is 0.954. The highest BCUT2D eigenvalue weighted by Gasteiger charge is 2.21. The molecule has 0 heterocycles. The van der Waals surface area contributed by atoms with Crippen molar-refractivity contribution in [2.75, 3.05) is 0 Å². The van der Waals surface area contributed by atoms with Gasteiger partial charge in [-0.1, -0.05) is 6.92 Å². The second-order valence-corrected chi connectivity index (χ2v) is 4.42. The van der Waals surface area contributed by atoms with Crippen molar-refractivity contribution in [2.45, 2.75) is 46.5 Å². The normalized spacial score (nSPS) is 14.1. The number of aldehydes is 1. The lowest BCUT2D eigenvalue weighted by Crippen LogP contribution is -2.04. The molecule has 0 spiro atoms. The van der Waals surface area contributed by atoms with Gasteiger partial charge >= 0.3 is 0 Å². The maximum atomic E-state index is 11.2. The Hall–Kier alpha value is -1.11. The lowest BCUT2D eigenvalue weighted by atomic mass is 9.88. The van der Waals surface area contributed by atoms with Crippen molar-refractivity contribution in [2.24, 2.45) is 0 Å². The van der Waals surface area contributed by atoms with Crippen LogP contribution in [0.3, 0.4) is 0 Å². The van der Waals surface area contributed by atoms with E-state index in [1.165, 1.54) is 40.7 Å². The molecule has 0 atom stereocenters. The molecule has 0 bridgehead atoms. The van der Waals surface area contributed by atoms with Gasteiger partial charge in [-0.2, -0.15) is 0 Å². The molecular weight excluding hydrogens is 184 g/mol. The molecule has 15 heavy (non-hydrogen) atoms. The molecule has 1 aromatic rings. The quantitative estimate of drug-likeness (QED) is 0.673. The minimum absolute atomic E-state index is 0.954. The van der Waals surface area contributed by atoms with E-state index >= 15 is 0 Å². The van der Waals surface area contributed by atoms with E-state index in [1.54, 1.807) is 0 Å². The molecule has 1 aliphatic carbocycles. The van der Waals surface area contributed by atoms with Gasteiger partial charge in [0.05, 0.1) is 0 Å². The summed E-state index contributed by atoms with van der Waals surface area (Å²) in [6, 6.07) is 0. The smallest absolute Gasteiger partial charge is 0.150 e. The van der Waals surface area contributed by atoms with E-state index in [1.807, 2.05) is 0 Å². The van der Waals surface area contributed by atoms with Gasteiger partial charge in [0.2, 0.25) is 0 Å². The number of carbonyl (C=O) groups is 1. The standard InChI is InChI=1S/C14H18O/c1-4-11-9(2)12-6-5-7-13(12)10(3)14(11)8-15/h8H,4-7H2,1-3H3. The van der Waals surface area contributed by atoms with Crippen LogP contribution in [0.4, 0.5) is 0 Å². The van der Waals surface area contributed by atoms with Gasteiger partial charge < -0.3 is 0 Å². The molecule has 0 amide bonds. The molecule has 0 radical (unpaired) electrons. The SMILES string of the molecule is CCc1c(C)c2c(c(C)c1C=O)CCC2. The third-order valence-corrected chi connectivity index (χ3v) is 3.78. The Bertz CT molecular complexity index is 416. The van der Waals surface area contributed by atoms with Crippen molar-refractivity contribution >= 4 is 6.29 Å². The zero-order valence-corrected chi connectivity index (χ0v) is 9.81. The van der Waals surface area contributed by atoms with E-state index in [-0.39, 0.29) is 0 Å². The molecular formula is C14H18O. The summed E-state index contributed by atoms with van der Waals surface area (Å²) < 4.78 is 0. The van der Waals surface area contributed by atoms with Gasteiger partial charge in [0, 0.05) is 5.56 Å². The average Bonchev–Trinajstić information content (AvgIpc) is 2.72. The molecule has 1 nitrogen and oxygen atoms in total. The van der Waals surface area contributed by atoms with Crippen LogP contribution in [0.5, 0.6) is 0 Å². The van der Waals surface area contributed by atoms with Gasteiger partial charge in [-0.3, -0.25) is 4.79 Å². The largest absolute Gasteiger partial charge is 0.298 e. The number of hydrogen-bond donors (Lipinski definition) is 0. The van der Waals surface area contributed by atoms with Crippen LogP contribution in [0.2, 0.25) is 0 Å². The van der Waals surface area contributed by atoms with Gasteiger partial charge in [0.15, 0.2) is 6.29 Å². The van der Waals surface area contributed by atoms with E-state index in [9.17, 15) is 4.79 Å². The second-order valence-electron chi connectivity index (χ2n) is 4.42. The number of benzene rings is 1. The fourth-order valence-corrected chi connectivity index (χ4v) is 2.96. The molecule has 0 saturated carbocycles. The zero-order chi connectivity index (χ0) is 11.0. The maximum Gasteiger partial charge on any atom is 0.150 e. The van der Waals surface area contributed by atoms with Crippen LogP contribution in [-0.4, -0.2) is 6.29 Å². The van der Waals surface area contributed by atoms with Crippen LogP contribution >= 0.6 is 0 Å². The predicted molar refractivity (Wildman–Crippen MR) is 62.7 cm³/mol. The Morgan fingerprint density at radius 2 is 1.73 bits per heavy atom. The fraction of sp³-hybridized carbons (Fsp3) is 0.500. The molecule has 0 N–H and O–H groups in total. The molecule has 0 unspecified atom stereocenters. The Labute approximate surface area is 91.5 Å². The van der Waals surface area contributed by atoms with Gasteiger partial charge in [-0.25, -0.2) is 0 Å². The van der Waals surface area contributed by atoms with Gasteiger partial charge in [-0.05, 0) is 67.3 Å². The first-order chi connectivity index (χ1) is 7.20. The van der Waals surface area contributed by atoms with Gasteiger partial charge in [-0.15, -0.1) is 0 Å². The minimum Gasteiger partial charge on any atom is -0.298 e. The Morgan fingerprint density at radius 1 is 1.13 bits per heavy atom. The van der Waals surface area contributed by atoms with Crippen LogP contribution in [0, 0.1) is 13.8 Å². The summed E-state index contributed by atoms with van der Waals surface area (Å²) in [6.07, 6.45) is 5.62. The third kappa shape index (κ3) is 1.41. The first-order valence-electron chi connectivity index (χ1n) is 5.79. The summed E-state index contributed by atoms with van der Waals surface area (Å²) in [6.45, 7) is 6.41.